The largest absolute Gasteiger partial charge is 0.435 e. The first-order valence-corrected chi connectivity index (χ1v) is 9.32. The van der Waals surface area contributed by atoms with Gasteiger partial charge < -0.3 is 10.0 Å². The summed E-state index contributed by atoms with van der Waals surface area (Å²) in [5.74, 6) is 3.24. The molecule has 10 nitrogen and oxygen atoms in total. The predicted octanol–water partition coefficient (Wildman–Crippen LogP) is 1.17. The third-order valence-electron chi connectivity index (χ3n) is 4.36. The fourth-order valence-electron chi connectivity index (χ4n) is 2.74. The number of hydrogen-bond acceptors (Lipinski definition) is 8. The topological polar surface area (TPSA) is 136 Å². The lowest BCUT2D eigenvalue weighted by Crippen LogP contribution is -2.46. The number of likely N-dealkylation sites (N-methyl/N-ethyl adjacent to an activating group) is 1. The number of hydrazine groups is 1. The Balaban J connectivity index is 3.20. The highest BCUT2D eigenvalue weighted by Gasteiger charge is 2.38. The average molecular weight is 436 g/mol. The number of anilines is 2. The van der Waals surface area contributed by atoms with Gasteiger partial charge in [-0.3, -0.25) is 14.8 Å². The summed E-state index contributed by atoms with van der Waals surface area (Å²) < 4.78 is 40.4. The third kappa shape index (κ3) is 7.07. The molecule has 1 aromatic rings. The van der Waals surface area contributed by atoms with Gasteiger partial charge in [0.1, 0.15) is 0 Å². The molecule has 0 unspecified atom stereocenters. The molecule has 1 atom stereocenters. The Hall–Kier alpha value is -2.51. The molecular formula is C17H27F3N6O4. The lowest BCUT2D eigenvalue weighted by Gasteiger charge is -2.25. The standard InChI is InChI=1S/C17H27F3N6O4/c1-3-4-5-6-12(10-25(30)11-28)15(29)26(21)16-22-9-13(24(2)7-8-27)14(23-16)17(18,19)20/h9,11-12,27,30H,3-8,10,21H2,1-2H3/t12-/m1/s1. The van der Waals surface area contributed by atoms with Gasteiger partial charge in [0.05, 0.1) is 31.0 Å². The van der Waals surface area contributed by atoms with Crippen molar-refractivity contribution in [3.63, 3.8) is 0 Å². The number of rotatable bonds is 12. The van der Waals surface area contributed by atoms with Gasteiger partial charge in [-0.25, -0.2) is 25.9 Å². The zero-order chi connectivity index (χ0) is 22.9. The van der Waals surface area contributed by atoms with Crippen LogP contribution in [-0.2, 0) is 15.8 Å². The quantitative estimate of drug-likeness (QED) is 0.111. The number of aliphatic hydroxyl groups is 1. The summed E-state index contributed by atoms with van der Waals surface area (Å²) in [4.78, 5) is 31.7. The monoisotopic (exact) mass is 436 g/mol. The van der Waals surface area contributed by atoms with Crippen molar-refractivity contribution in [2.45, 2.75) is 38.8 Å². The van der Waals surface area contributed by atoms with E-state index in [-0.39, 0.29) is 43.3 Å². The van der Waals surface area contributed by atoms with Crippen LogP contribution in [0.5, 0.6) is 0 Å². The van der Waals surface area contributed by atoms with E-state index in [0.717, 1.165) is 23.9 Å². The molecule has 0 fully saturated rings. The van der Waals surface area contributed by atoms with E-state index in [0.29, 0.717) is 11.4 Å². The van der Waals surface area contributed by atoms with Crippen LogP contribution in [0.15, 0.2) is 6.20 Å². The Morgan fingerprint density at radius 2 is 2.03 bits per heavy atom. The van der Waals surface area contributed by atoms with Crippen LogP contribution >= 0.6 is 0 Å². The number of hydrogen-bond donors (Lipinski definition) is 3. The van der Waals surface area contributed by atoms with Crippen LogP contribution in [-0.4, -0.2) is 64.4 Å². The van der Waals surface area contributed by atoms with Crippen LogP contribution < -0.4 is 15.8 Å². The Morgan fingerprint density at radius 1 is 1.37 bits per heavy atom. The molecule has 0 aromatic carbocycles. The van der Waals surface area contributed by atoms with Crippen LogP contribution in [0.4, 0.5) is 24.8 Å². The van der Waals surface area contributed by atoms with Gasteiger partial charge in [0.25, 0.3) is 0 Å². The number of nitrogens with two attached hydrogens (primary N) is 1. The molecule has 0 saturated heterocycles. The fraction of sp³-hybridized carbons (Fsp3) is 0.647. The minimum absolute atomic E-state index is 0.0887. The summed E-state index contributed by atoms with van der Waals surface area (Å²) in [6, 6.07) is 0. The number of amides is 2. The number of hydroxylamine groups is 2. The van der Waals surface area contributed by atoms with E-state index in [2.05, 4.69) is 9.97 Å². The van der Waals surface area contributed by atoms with E-state index in [4.69, 9.17) is 10.9 Å². The molecule has 0 bridgehead atoms. The van der Waals surface area contributed by atoms with Crippen molar-refractivity contribution in [2.75, 3.05) is 36.7 Å². The summed E-state index contributed by atoms with van der Waals surface area (Å²) in [7, 11) is 1.33. The zero-order valence-corrected chi connectivity index (χ0v) is 16.8. The smallest absolute Gasteiger partial charge is 0.395 e. The van der Waals surface area contributed by atoms with Crippen molar-refractivity contribution in [1.29, 1.82) is 0 Å². The van der Waals surface area contributed by atoms with Gasteiger partial charge in [0, 0.05) is 13.6 Å². The van der Waals surface area contributed by atoms with Gasteiger partial charge in [-0.1, -0.05) is 26.2 Å². The van der Waals surface area contributed by atoms with Crippen molar-refractivity contribution in [1.82, 2.24) is 15.0 Å². The summed E-state index contributed by atoms with van der Waals surface area (Å²) in [5.41, 5.74) is -1.70. The van der Waals surface area contributed by atoms with E-state index < -0.39 is 29.6 Å². The highest BCUT2D eigenvalue weighted by Crippen LogP contribution is 2.35. The van der Waals surface area contributed by atoms with E-state index in [1.807, 2.05) is 6.92 Å². The van der Waals surface area contributed by atoms with Gasteiger partial charge in [-0.15, -0.1) is 0 Å². The van der Waals surface area contributed by atoms with E-state index in [1.165, 1.54) is 7.05 Å². The minimum Gasteiger partial charge on any atom is -0.395 e. The number of carbonyl (C=O) groups is 2. The summed E-state index contributed by atoms with van der Waals surface area (Å²) in [6.45, 7) is 1.10. The predicted molar refractivity (Wildman–Crippen MR) is 101 cm³/mol. The maximum absolute atomic E-state index is 13.5. The molecule has 30 heavy (non-hydrogen) atoms. The molecule has 2 amide bonds. The molecular weight excluding hydrogens is 409 g/mol. The van der Waals surface area contributed by atoms with Crippen LogP contribution in [0.2, 0.25) is 0 Å². The molecule has 1 heterocycles. The van der Waals surface area contributed by atoms with Crippen molar-refractivity contribution >= 4 is 24.0 Å². The molecule has 1 rings (SSSR count). The molecule has 0 aliphatic heterocycles. The molecule has 0 aliphatic carbocycles. The molecule has 4 N–H and O–H groups in total. The number of nitrogens with zero attached hydrogens (tertiary/aromatic N) is 5. The van der Waals surface area contributed by atoms with Gasteiger partial charge in [0.2, 0.25) is 18.3 Å². The second-order valence-corrected chi connectivity index (χ2v) is 6.68. The number of unbranched alkanes of at least 4 members (excludes halogenated alkanes) is 2. The summed E-state index contributed by atoms with van der Waals surface area (Å²) in [5, 5.41) is 19.1. The highest BCUT2D eigenvalue weighted by atomic mass is 19.4. The Morgan fingerprint density at radius 3 is 2.57 bits per heavy atom. The molecule has 1 aromatic heterocycles. The van der Waals surface area contributed by atoms with Gasteiger partial charge >= 0.3 is 6.18 Å². The number of carbonyl (C=O) groups excluding carboxylic acids is 2. The Labute approximate surface area is 172 Å². The highest BCUT2D eigenvalue weighted by molar-refractivity contribution is 5.92. The minimum atomic E-state index is -4.86. The van der Waals surface area contributed by atoms with Gasteiger partial charge in [-0.2, -0.15) is 13.2 Å². The SMILES string of the molecule is CCCCC[C@H](CN(O)C=O)C(=O)N(N)c1ncc(N(C)CCO)c(C(F)(F)F)n1. The Bertz CT molecular complexity index is 707. The maximum atomic E-state index is 13.5. The van der Waals surface area contributed by atoms with Gasteiger partial charge in [0.15, 0.2) is 5.69 Å². The van der Waals surface area contributed by atoms with Crippen molar-refractivity contribution in [3.05, 3.63) is 11.9 Å². The molecule has 0 saturated carbocycles. The van der Waals surface area contributed by atoms with Gasteiger partial charge in [-0.05, 0) is 6.42 Å². The van der Waals surface area contributed by atoms with E-state index in [9.17, 15) is 28.0 Å². The second kappa shape index (κ2) is 11.6. The Kier molecular flexibility index (Phi) is 9.89. The van der Waals surface area contributed by atoms with Crippen molar-refractivity contribution in [2.24, 2.45) is 11.8 Å². The van der Waals surface area contributed by atoms with Crippen molar-refractivity contribution in [3.8, 4) is 0 Å². The van der Waals surface area contributed by atoms with Crippen LogP contribution in [0.1, 0.15) is 38.3 Å². The first-order valence-electron chi connectivity index (χ1n) is 9.32. The van der Waals surface area contributed by atoms with E-state index >= 15 is 0 Å². The second-order valence-electron chi connectivity index (χ2n) is 6.68. The first kappa shape index (κ1) is 25.5. The maximum Gasteiger partial charge on any atom is 0.435 e. The van der Waals surface area contributed by atoms with Crippen LogP contribution in [0.3, 0.4) is 0 Å². The lowest BCUT2D eigenvalue weighted by atomic mass is 10.00. The fourth-order valence-corrected chi connectivity index (χ4v) is 2.74. The van der Waals surface area contributed by atoms with Crippen molar-refractivity contribution < 1.29 is 33.1 Å². The van der Waals surface area contributed by atoms with Crippen LogP contribution in [0.25, 0.3) is 0 Å². The third-order valence-corrected chi connectivity index (χ3v) is 4.36. The van der Waals surface area contributed by atoms with Crippen LogP contribution in [0, 0.1) is 5.92 Å². The average Bonchev–Trinajstić information content (AvgIpc) is 2.71. The molecule has 0 radical (unpaired) electrons. The molecule has 0 spiro atoms. The normalized spacial score (nSPS) is 12.4. The number of aliphatic hydroxyl groups excluding tert-OH is 1. The molecule has 0 aliphatic rings. The number of alkyl halides is 3. The number of halogens is 3. The lowest BCUT2D eigenvalue weighted by molar-refractivity contribution is -0.154. The number of aromatic nitrogens is 2. The first-order chi connectivity index (χ1) is 14.1. The van der Waals surface area contributed by atoms with E-state index in [1.54, 1.807) is 0 Å². The molecule has 170 valence electrons. The summed E-state index contributed by atoms with van der Waals surface area (Å²) in [6.07, 6.45) is -1.40. The zero-order valence-electron chi connectivity index (χ0n) is 16.8. The molecule has 13 heteroatoms. The summed E-state index contributed by atoms with van der Waals surface area (Å²) >= 11 is 0.